The third-order valence-corrected chi connectivity index (χ3v) is 4.92. The lowest BCUT2D eigenvalue weighted by molar-refractivity contribution is 1.12. The van der Waals surface area contributed by atoms with Crippen molar-refractivity contribution in [2.75, 3.05) is 5.73 Å². The van der Waals surface area contributed by atoms with Crippen LogP contribution in [0, 0.1) is 0 Å². The molecule has 0 bridgehead atoms. The van der Waals surface area contributed by atoms with E-state index in [1.807, 2.05) is 18.2 Å². The number of aryl methyl sites for hydroxylation is 1. The van der Waals surface area contributed by atoms with Gasteiger partial charge in [-0.3, -0.25) is 0 Å². The van der Waals surface area contributed by atoms with E-state index in [9.17, 15) is 0 Å². The van der Waals surface area contributed by atoms with Crippen LogP contribution in [0.3, 0.4) is 0 Å². The van der Waals surface area contributed by atoms with Crippen LogP contribution in [0.5, 0.6) is 0 Å². The Kier molecular flexibility index (Phi) is 3.40. The van der Waals surface area contributed by atoms with Crippen molar-refractivity contribution in [3.05, 3.63) is 41.3 Å². The van der Waals surface area contributed by atoms with Crippen molar-refractivity contribution in [2.24, 2.45) is 0 Å². The zero-order valence-electron chi connectivity index (χ0n) is 10.5. The molecule has 0 radical (unpaired) electrons. The second-order valence-electron chi connectivity index (χ2n) is 4.09. The van der Waals surface area contributed by atoms with Gasteiger partial charge in [0.15, 0.2) is 0 Å². The lowest BCUT2D eigenvalue weighted by atomic mass is 10.3. The molecule has 0 saturated heterocycles. The summed E-state index contributed by atoms with van der Waals surface area (Å²) in [6, 6.07) is 12.4. The van der Waals surface area contributed by atoms with Crippen molar-refractivity contribution in [2.45, 2.75) is 23.3 Å². The van der Waals surface area contributed by atoms with Crippen LogP contribution >= 0.6 is 23.1 Å². The van der Waals surface area contributed by atoms with Gasteiger partial charge < -0.3 is 5.73 Å². The minimum Gasteiger partial charge on any atom is -0.368 e. The number of nitrogens with zero attached hydrogens (tertiary/aromatic N) is 2. The van der Waals surface area contributed by atoms with Crippen LogP contribution < -0.4 is 5.73 Å². The molecule has 2 N–H and O–H groups in total. The predicted molar refractivity (Wildman–Crippen MR) is 81.8 cm³/mol. The molecular formula is C14H13N3S2. The fourth-order valence-corrected chi connectivity index (χ4v) is 3.77. The minimum absolute atomic E-state index is 0.343. The number of anilines is 1. The van der Waals surface area contributed by atoms with Gasteiger partial charge in [-0.2, -0.15) is 0 Å². The monoisotopic (exact) mass is 287 g/mol. The summed E-state index contributed by atoms with van der Waals surface area (Å²) >= 11 is 3.32. The first-order valence-corrected chi connectivity index (χ1v) is 7.68. The third-order valence-electron chi connectivity index (χ3n) is 2.73. The summed E-state index contributed by atoms with van der Waals surface area (Å²) < 4.78 is 0. The summed E-state index contributed by atoms with van der Waals surface area (Å²) in [5, 5.41) is 2.04. The zero-order chi connectivity index (χ0) is 13.2. The maximum Gasteiger partial charge on any atom is 0.222 e. The van der Waals surface area contributed by atoms with Crippen molar-refractivity contribution in [1.82, 2.24) is 9.97 Å². The SMILES string of the molecule is CCc1cc2c(Sc3ccccc3)nc(N)nc2s1. The fourth-order valence-electron chi connectivity index (χ4n) is 1.81. The molecule has 0 aliphatic rings. The Morgan fingerprint density at radius 3 is 2.74 bits per heavy atom. The molecule has 0 amide bonds. The topological polar surface area (TPSA) is 51.8 Å². The third kappa shape index (κ3) is 2.57. The Labute approximate surface area is 119 Å². The maximum atomic E-state index is 5.80. The van der Waals surface area contributed by atoms with E-state index >= 15 is 0 Å². The minimum atomic E-state index is 0.343. The Morgan fingerprint density at radius 2 is 2.00 bits per heavy atom. The molecular weight excluding hydrogens is 274 g/mol. The summed E-state index contributed by atoms with van der Waals surface area (Å²) in [6.45, 7) is 2.14. The number of rotatable bonds is 3. The van der Waals surface area contributed by atoms with E-state index in [-0.39, 0.29) is 0 Å². The van der Waals surface area contributed by atoms with Crippen molar-refractivity contribution in [3.8, 4) is 0 Å². The van der Waals surface area contributed by atoms with Gasteiger partial charge >= 0.3 is 0 Å². The number of hydrogen-bond donors (Lipinski definition) is 1. The maximum absolute atomic E-state index is 5.80. The Balaban J connectivity index is 2.09. The van der Waals surface area contributed by atoms with Crippen molar-refractivity contribution < 1.29 is 0 Å². The molecule has 3 rings (SSSR count). The van der Waals surface area contributed by atoms with Crippen molar-refractivity contribution >= 4 is 39.3 Å². The van der Waals surface area contributed by atoms with Gasteiger partial charge in [-0.15, -0.1) is 11.3 Å². The van der Waals surface area contributed by atoms with Gasteiger partial charge in [0.1, 0.15) is 9.86 Å². The average Bonchev–Trinajstić information content (AvgIpc) is 2.83. The second-order valence-corrected chi connectivity index (χ2v) is 6.26. The average molecular weight is 287 g/mol. The van der Waals surface area contributed by atoms with Crippen molar-refractivity contribution in [1.29, 1.82) is 0 Å². The lowest BCUT2D eigenvalue weighted by Crippen LogP contribution is -1.95. The molecule has 19 heavy (non-hydrogen) atoms. The first kappa shape index (κ1) is 12.4. The smallest absolute Gasteiger partial charge is 0.222 e. The molecule has 2 aromatic heterocycles. The van der Waals surface area contributed by atoms with Crippen LogP contribution in [0.1, 0.15) is 11.8 Å². The van der Waals surface area contributed by atoms with Gasteiger partial charge in [0.2, 0.25) is 5.95 Å². The van der Waals surface area contributed by atoms with Crippen LogP contribution in [0.4, 0.5) is 5.95 Å². The van der Waals surface area contributed by atoms with Gasteiger partial charge in [0, 0.05) is 15.2 Å². The van der Waals surface area contributed by atoms with E-state index in [1.165, 1.54) is 4.88 Å². The predicted octanol–water partition coefficient (Wildman–Crippen LogP) is 3.99. The van der Waals surface area contributed by atoms with Crippen LogP contribution in [0.15, 0.2) is 46.3 Å². The van der Waals surface area contributed by atoms with Gasteiger partial charge in [0.25, 0.3) is 0 Å². The molecule has 0 spiro atoms. The molecule has 0 unspecified atom stereocenters. The Morgan fingerprint density at radius 1 is 1.21 bits per heavy atom. The number of aromatic nitrogens is 2. The summed E-state index contributed by atoms with van der Waals surface area (Å²) in [5.74, 6) is 0.343. The number of benzene rings is 1. The fraction of sp³-hybridized carbons (Fsp3) is 0.143. The largest absolute Gasteiger partial charge is 0.368 e. The molecule has 3 nitrogen and oxygen atoms in total. The van der Waals surface area contributed by atoms with E-state index in [1.54, 1.807) is 23.1 Å². The van der Waals surface area contributed by atoms with Crippen LogP contribution in [-0.4, -0.2) is 9.97 Å². The zero-order valence-corrected chi connectivity index (χ0v) is 12.1. The molecule has 1 aromatic carbocycles. The van der Waals surface area contributed by atoms with E-state index < -0.39 is 0 Å². The highest BCUT2D eigenvalue weighted by molar-refractivity contribution is 7.99. The lowest BCUT2D eigenvalue weighted by Gasteiger charge is -2.03. The highest BCUT2D eigenvalue weighted by Gasteiger charge is 2.11. The molecule has 0 atom stereocenters. The standard InChI is InChI=1S/C14H13N3S2/c1-2-9-8-11-12(18-9)16-14(15)17-13(11)19-10-6-4-3-5-7-10/h3-8H,2H2,1H3,(H2,15,16,17). The molecule has 0 aliphatic carbocycles. The summed E-state index contributed by atoms with van der Waals surface area (Å²) in [6.07, 6.45) is 1.01. The first-order chi connectivity index (χ1) is 9.26. The number of nitrogens with two attached hydrogens (primary N) is 1. The summed E-state index contributed by atoms with van der Waals surface area (Å²) in [4.78, 5) is 12.1. The van der Waals surface area contributed by atoms with E-state index in [4.69, 9.17) is 5.73 Å². The molecule has 96 valence electrons. The van der Waals surface area contributed by atoms with Crippen LogP contribution in [0.2, 0.25) is 0 Å². The van der Waals surface area contributed by atoms with Crippen LogP contribution in [0.25, 0.3) is 10.2 Å². The first-order valence-electron chi connectivity index (χ1n) is 6.05. The Bertz CT molecular complexity index is 707. The molecule has 0 fully saturated rings. The number of thiophene rings is 1. The number of nitrogen functional groups attached to an aromatic ring is 1. The molecule has 3 aromatic rings. The number of hydrogen-bond acceptors (Lipinski definition) is 5. The summed E-state index contributed by atoms with van der Waals surface area (Å²) in [7, 11) is 0. The van der Waals surface area contributed by atoms with Crippen LogP contribution in [-0.2, 0) is 6.42 Å². The summed E-state index contributed by atoms with van der Waals surface area (Å²) in [5.41, 5.74) is 5.80. The van der Waals surface area contributed by atoms with Gasteiger partial charge in [-0.1, -0.05) is 36.9 Å². The van der Waals surface area contributed by atoms with Gasteiger partial charge in [0.05, 0.1) is 0 Å². The van der Waals surface area contributed by atoms with Gasteiger partial charge in [-0.05, 0) is 24.6 Å². The molecule has 0 saturated carbocycles. The highest BCUT2D eigenvalue weighted by Crippen LogP contribution is 2.35. The molecule has 5 heteroatoms. The Hall–Kier alpha value is -1.59. The highest BCUT2D eigenvalue weighted by atomic mass is 32.2. The normalized spacial score (nSPS) is 11.0. The second kappa shape index (κ2) is 5.19. The van der Waals surface area contributed by atoms with Crippen molar-refractivity contribution in [3.63, 3.8) is 0 Å². The van der Waals surface area contributed by atoms with E-state index in [0.717, 1.165) is 26.6 Å². The van der Waals surface area contributed by atoms with E-state index in [0.29, 0.717) is 5.95 Å². The van der Waals surface area contributed by atoms with E-state index in [2.05, 4.69) is 35.1 Å². The molecule has 2 heterocycles. The van der Waals surface area contributed by atoms with Gasteiger partial charge in [-0.25, -0.2) is 9.97 Å². The molecule has 0 aliphatic heterocycles. The quantitative estimate of drug-likeness (QED) is 0.740. The number of fused-ring (bicyclic) bond motifs is 1.